The highest BCUT2D eigenvalue weighted by atomic mass is 16.6. The highest BCUT2D eigenvalue weighted by Gasteiger charge is 2.17. The van der Waals surface area contributed by atoms with Crippen LogP contribution in [0.5, 0.6) is 5.75 Å². The van der Waals surface area contributed by atoms with Crippen LogP contribution in [0.15, 0.2) is 78.9 Å². The average Bonchev–Trinajstić information content (AvgIpc) is 2.87. The number of fused-ring (bicyclic) bond motifs is 1. The van der Waals surface area contributed by atoms with Gasteiger partial charge in [-0.25, -0.2) is 9.78 Å². The quantitative estimate of drug-likeness (QED) is 0.244. The standard InChI is InChI=1S/C25H19N3O6/c1-33-19-12-6-16(7-13-19)23-14-21(20-4-2-3-5-22(20)27-23)25(30)34-15-24(29)26-17-8-10-18(11-9-17)28(31)32/h2-14H,15H2,1H3,(H,26,29). The van der Waals surface area contributed by atoms with Crippen molar-refractivity contribution in [3.8, 4) is 17.0 Å². The largest absolute Gasteiger partial charge is 0.497 e. The summed E-state index contributed by atoms with van der Waals surface area (Å²) >= 11 is 0. The highest BCUT2D eigenvalue weighted by molar-refractivity contribution is 6.05. The number of nitro groups is 1. The molecule has 0 spiro atoms. The van der Waals surface area contributed by atoms with Gasteiger partial charge < -0.3 is 14.8 Å². The summed E-state index contributed by atoms with van der Waals surface area (Å²) in [7, 11) is 1.58. The molecule has 0 atom stereocenters. The predicted octanol–water partition coefficient (Wildman–Crippen LogP) is 4.61. The van der Waals surface area contributed by atoms with Crippen molar-refractivity contribution in [2.45, 2.75) is 0 Å². The second-order valence-corrected chi connectivity index (χ2v) is 7.23. The normalized spacial score (nSPS) is 10.5. The molecule has 1 aromatic heterocycles. The number of nitro benzene ring substituents is 1. The third-order valence-corrected chi connectivity index (χ3v) is 5.02. The first-order valence-corrected chi connectivity index (χ1v) is 10.2. The van der Waals surface area contributed by atoms with E-state index >= 15 is 0 Å². The van der Waals surface area contributed by atoms with Gasteiger partial charge in [0, 0.05) is 28.8 Å². The molecule has 0 saturated heterocycles. The molecular weight excluding hydrogens is 438 g/mol. The molecule has 0 aliphatic carbocycles. The first-order valence-electron chi connectivity index (χ1n) is 10.2. The lowest BCUT2D eigenvalue weighted by Gasteiger charge is -2.11. The van der Waals surface area contributed by atoms with Crippen molar-refractivity contribution in [2.75, 3.05) is 19.0 Å². The molecule has 0 bridgehead atoms. The minimum atomic E-state index is -0.674. The Balaban J connectivity index is 1.52. The van der Waals surface area contributed by atoms with Crippen molar-refractivity contribution in [1.82, 2.24) is 4.98 Å². The van der Waals surface area contributed by atoms with E-state index < -0.39 is 23.4 Å². The summed E-state index contributed by atoms with van der Waals surface area (Å²) < 4.78 is 10.4. The number of pyridine rings is 1. The maximum Gasteiger partial charge on any atom is 0.339 e. The van der Waals surface area contributed by atoms with Gasteiger partial charge in [0.15, 0.2) is 6.61 Å². The van der Waals surface area contributed by atoms with E-state index in [0.29, 0.717) is 28.0 Å². The lowest BCUT2D eigenvalue weighted by Crippen LogP contribution is -2.21. The number of hydrogen-bond donors (Lipinski definition) is 1. The van der Waals surface area contributed by atoms with Crippen molar-refractivity contribution in [2.24, 2.45) is 0 Å². The molecule has 1 heterocycles. The molecule has 34 heavy (non-hydrogen) atoms. The van der Waals surface area contributed by atoms with Gasteiger partial charge in [-0.15, -0.1) is 0 Å². The van der Waals surface area contributed by atoms with Crippen LogP contribution >= 0.6 is 0 Å². The summed E-state index contributed by atoms with van der Waals surface area (Å²) in [6.07, 6.45) is 0. The first kappa shape index (κ1) is 22.4. The van der Waals surface area contributed by atoms with E-state index in [4.69, 9.17) is 9.47 Å². The number of para-hydroxylation sites is 1. The zero-order valence-corrected chi connectivity index (χ0v) is 18.1. The zero-order valence-electron chi connectivity index (χ0n) is 18.1. The molecule has 4 rings (SSSR count). The molecule has 0 fully saturated rings. The van der Waals surface area contributed by atoms with Gasteiger partial charge in [0.05, 0.1) is 28.8 Å². The van der Waals surface area contributed by atoms with Crippen molar-refractivity contribution >= 4 is 34.2 Å². The Kier molecular flexibility index (Phi) is 6.45. The molecule has 4 aromatic rings. The number of nitrogens with zero attached hydrogens (tertiary/aromatic N) is 2. The number of benzene rings is 3. The number of esters is 1. The van der Waals surface area contributed by atoms with Crippen LogP contribution in [0, 0.1) is 10.1 Å². The molecule has 9 nitrogen and oxygen atoms in total. The van der Waals surface area contributed by atoms with Crippen LogP contribution in [0.2, 0.25) is 0 Å². The fourth-order valence-electron chi connectivity index (χ4n) is 3.33. The van der Waals surface area contributed by atoms with Crippen LogP contribution in [0.4, 0.5) is 11.4 Å². The number of anilines is 1. The van der Waals surface area contributed by atoms with Gasteiger partial charge in [-0.2, -0.15) is 0 Å². The number of non-ortho nitro benzene ring substituents is 1. The van der Waals surface area contributed by atoms with Crippen molar-refractivity contribution in [3.05, 3.63) is 94.5 Å². The van der Waals surface area contributed by atoms with E-state index in [-0.39, 0.29) is 11.3 Å². The van der Waals surface area contributed by atoms with E-state index in [9.17, 15) is 19.7 Å². The van der Waals surface area contributed by atoms with Crippen LogP contribution in [0.3, 0.4) is 0 Å². The second kappa shape index (κ2) is 9.78. The SMILES string of the molecule is COc1ccc(-c2cc(C(=O)OCC(=O)Nc3ccc([N+](=O)[O-])cc3)c3ccccc3n2)cc1. The molecule has 170 valence electrons. The summed E-state index contributed by atoms with van der Waals surface area (Å²) in [5, 5.41) is 13.9. The van der Waals surface area contributed by atoms with Crippen molar-refractivity contribution in [3.63, 3.8) is 0 Å². The Bertz CT molecular complexity index is 1370. The number of amides is 1. The summed E-state index contributed by atoms with van der Waals surface area (Å²) in [6.45, 7) is -0.523. The molecule has 3 aromatic carbocycles. The fourth-order valence-corrected chi connectivity index (χ4v) is 3.33. The number of carbonyl (C=O) groups is 2. The minimum absolute atomic E-state index is 0.0957. The molecule has 0 radical (unpaired) electrons. The molecule has 0 aliphatic rings. The van der Waals surface area contributed by atoms with Gasteiger partial charge in [0.25, 0.3) is 11.6 Å². The van der Waals surface area contributed by atoms with Gasteiger partial charge in [-0.3, -0.25) is 14.9 Å². The lowest BCUT2D eigenvalue weighted by molar-refractivity contribution is -0.384. The maximum absolute atomic E-state index is 12.9. The molecular formula is C25H19N3O6. The van der Waals surface area contributed by atoms with Gasteiger partial charge in [-0.1, -0.05) is 18.2 Å². The van der Waals surface area contributed by atoms with Crippen LogP contribution < -0.4 is 10.1 Å². The van der Waals surface area contributed by atoms with Crippen LogP contribution in [-0.2, 0) is 9.53 Å². The van der Waals surface area contributed by atoms with Crippen LogP contribution in [0.25, 0.3) is 22.2 Å². The predicted molar refractivity (Wildman–Crippen MR) is 126 cm³/mol. The van der Waals surface area contributed by atoms with E-state index in [1.54, 1.807) is 43.5 Å². The number of rotatable bonds is 7. The smallest absolute Gasteiger partial charge is 0.339 e. The second-order valence-electron chi connectivity index (χ2n) is 7.23. The number of hydrogen-bond acceptors (Lipinski definition) is 7. The number of aromatic nitrogens is 1. The van der Waals surface area contributed by atoms with Crippen molar-refractivity contribution < 1.29 is 24.0 Å². The van der Waals surface area contributed by atoms with Gasteiger partial charge in [0.1, 0.15) is 5.75 Å². The van der Waals surface area contributed by atoms with E-state index in [1.165, 1.54) is 24.3 Å². The topological polar surface area (TPSA) is 121 Å². The van der Waals surface area contributed by atoms with Gasteiger partial charge >= 0.3 is 5.97 Å². The highest BCUT2D eigenvalue weighted by Crippen LogP contribution is 2.27. The molecule has 1 amide bonds. The average molecular weight is 457 g/mol. The van der Waals surface area contributed by atoms with E-state index in [1.807, 2.05) is 18.2 Å². The summed E-state index contributed by atoms with van der Waals surface area (Å²) in [5.74, 6) is -0.550. The maximum atomic E-state index is 12.9. The molecule has 0 saturated carbocycles. The first-order chi connectivity index (χ1) is 16.4. The van der Waals surface area contributed by atoms with Crippen LogP contribution in [0.1, 0.15) is 10.4 Å². The molecule has 9 heteroatoms. The van der Waals surface area contributed by atoms with Crippen LogP contribution in [-0.4, -0.2) is 35.5 Å². The van der Waals surface area contributed by atoms with E-state index in [0.717, 1.165) is 5.56 Å². The molecule has 0 unspecified atom stereocenters. The Hall–Kier alpha value is -4.79. The van der Waals surface area contributed by atoms with Gasteiger partial charge in [-0.05, 0) is 48.5 Å². The van der Waals surface area contributed by atoms with E-state index in [2.05, 4.69) is 10.3 Å². The molecule has 1 N–H and O–H groups in total. The molecule has 0 aliphatic heterocycles. The Morgan fingerprint density at radius 3 is 2.38 bits per heavy atom. The number of methoxy groups -OCH3 is 1. The van der Waals surface area contributed by atoms with Crippen molar-refractivity contribution in [1.29, 1.82) is 0 Å². The summed E-state index contributed by atoms with van der Waals surface area (Å²) in [6, 6.07) is 21.4. The monoisotopic (exact) mass is 457 g/mol. The zero-order chi connectivity index (χ0) is 24.1. The Labute approximate surface area is 194 Å². The Morgan fingerprint density at radius 2 is 1.71 bits per heavy atom. The Morgan fingerprint density at radius 1 is 1.00 bits per heavy atom. The number of carbonyl (C=O) groups excluding carboxylic acids is 2. The lowest BCUT2D eigenvalue weighted by atomic mass is 10.0. The minimum Gasteiger partial charge on any atom is -0.497 e. The third kappa shape index (κ3) is 4.99. The fraction of sp³-hybridized carbons (Fsp3) is 0.0800. The summed E-state index contributed by atoms with van der Waals surface area (Å²) in [5.41, 5.74) is 2.50. The summed E-state index contributed by atoms with van der Waals surface area (Å²) in [4.78, 5) is 40.0. The number of nitrogens with one attached hydrogen (secondary N) is 1. The van der Waals surface area contributed by atoms with Gasteiger partial charge in [0.2, 0.25) is 0 Å². The number of ether oxygens (including phenoxy) is 2. The third-order valence-electron chi connectivity index (χ3n) is 5.02.